The minimum absolute atomic E-state index is 0.0380. The van der Waals surface area contributed by atoms with Crippen LogP contribution in [-0.2, 0) is 5.41 Å². The monoisotopic (exact) mass is 228 g/mol. The van der Waals surface area contributed by atoms with Crippen molar-refractivity contribution in [2.45, 2.75) is 44.6 Å². The molecule has 2 nitrogen and oxygen atoms in total. The summed E-state index contributed by atoms with van der Waals surface area (Å²) in [5, 5.41) is 13.2. The van der Waals surface area contributed by atoms with Crippen LogP contribution in [0, 0.1) is 18.3 Å². The topological polar surface area (TPSA) is 35.8 Å². The number of aryl methyl sites for hydroxylation is 1. The maximum Gasteiger partial charge on any atom is 0.0854 e. The molecule has 1 unspecified atom stereocenters. The Labute approximate surface area is 104 Å². The lowest BCUT2D eigenvalue weighted by atomic mass is 9.67. The third kappa shape index (κ3) is 2.21. The van der Waals surface area contributed by atoms with Gasteiger partial charge in [-0.3, -0.25) is 0 Å². The Balaban J connectivity index is 2.46. The fourth-order valence-electron chi connectivity index (χ4n) is 3.01. The van der Waals surface area contributed by atoms with Gasteiger partial charge in [0.15, 0.2) is 0 Å². The van der Waals surface area contributed by atoms with E-state index in [-0.39, 0.29) is 11.0 Å². The van der Waals surface area contributed by atoms with Gasteiger partial charge in [0, 0.05) is 5.54 Å². The van der Waals surface area contributed by atoms with Crippen LogP contribution in [0.5, 0.6) is 0 Å². The van der Waals surface area contributed by atoms with E-state index in [4.69, 9.17) is 0 Å². The first kappa shape index (κ1) is 12.1. The van der Waals surface area contributed by atoms with E-state index in [2.05, 4.69) is 44.3 Å². The largest absolute Gasteiger partial charge is 0.312 e. The van der Waals surface area contributed by atoms with Crippen molar-refractivity contribution in [1.82, 2.24) is 5.32 Å². The number of rotatable bonds is 1. The molecule has 0 bridgehead atoms. The van der Waals surface area contributed by atoms with Crippen molar-refractivity contribution in [3.63, 3.8) is 0 Å². The molecule has 0 saturated carbocycles. The highest BCUT2D eigenvalue weighted by Crippen LogP contribution is 2.39. The molecule has 1 saturated heterocycles. The molecule has 17 heavy (non-hydrogen) atoms. The van der Waals surface area contributed by atoms with Gasteiger partial charge in [-0.05, 0) is 51.3 Å². The Morgan fingerprint density at radius 3 is 2.59 bits per heavy atom. The lowest BCUT2D eigenvalue weighted by Crippen LogP contribution is -2.52. The van der Waals surface area contributed by atoms with E-state index < -0.39 is 0 Å². The number of nitriles is 1. The standard InChI is InChI=1S/C15H20N2/c1-12-6-4-5-7-13(12)15(11-16)8-9-17-14(2,3)10-15/h4-7,17H,8-10H2,1-3H3. The molecule has 0 radical (unpaired) electrons. The third-order valence-corrected chi connectivity index (χ3v) is 3.77. The second kappa shape index (κ2) is 4.16. The molecule has 0 amide bonds. The van der Waals surface area contributed by atoms with E-state index in [9.17, 15) is 5.26 Å². The quantitative estimate of drug-likeness (QED) is 0.802. The van der Waals surface area contributed by atoms with Crippen LogP contribution in [-0.4, -0.2) is 12.1 Å². The zero-order chi connectivity index (χ0) is 12.5. The minimum atomic E-state index is -0.319. The Morgan fingerprint density at radius 2 is 2.00 bits per heavy atom. The van der Waals surface area contributed by atoms with E-state index in [1.165, 1.54) is 11.1 Å². The van der Waals surface area contributed by atoms with Gasteiger partial charge in [0.1, 0.15) is 0 Å². The predicted molar refractivity (Wildman–Crippen MR) is 69.8 cm³/mol. The molecule has 0 aliphatic carbocycles. The van der Waals surface area contributed by atoms with Crippen LogP contribution < -0.4 is 5.32 Å². The number of benzene rings is 1. The molecular weight excluding hydrogens is 208 g/mol. The average molecular weight is 228 g/mol. The van der Waals surface area contributed by atoms with Gasteiger partial charge < -0.3 is 5.32 Å². The van der Waals surface area contributed by atoms with Crippen LogP contribution in [0.3, 0.4) is 0 Å². The molecule has 2 rings (SSSR count). The summed E-state index contributed by atoms with van der Waals surface area (Å²) in [6.07, 6.45) is 1.78. The first-order valence-corrected chi connectivity index (χ1v) is 6.22. The van der Waals surface area contributed by atoms with Crippen molar-refractivity contribution in [3.05, 3.63) is 35.4 Å². The highest BCUT2D eigenvalue weighted by atomic mass is 15.0. The first-order chi connectivity index (χ1) is 7.99. The maximum atomic E-state index is 9.67. The molecule has 1 aliphatic rings. The van der Waals surface area contributed by atoms with Crippen molar-refractivity contribution in [3.8, 4) is 6.07 Å². The Morgan fingerprint density at radius 1 is 1.29 bits per heavy atom. The Bertz CT molecular complexity index is 456. The van der Waals surface area contributed by atoms with Gasteiger partial charge in [-0.15, -0.1) is 0 Å². The van der Waals surface area contributed by atoms with Crippen molar-refractivity contribution >= 4 is 0 Å². The van der Waals surface area contributed by atoms with Gasteiger partial charge in [0.2, 0.25) is 0 Å². The predicted octanol–water partition coefficient (Wildman–Crippen LogP) is 2.92. The zero-order valence-corrected chi connectivity index (χ0v) is 10.9. The molecule has 1 aromatic rings. The van der Waals surface area contributed by atoms with E-state index >= 15 is 0 Å². The molecule has 2 heteroatoms. The van der Waals surface area contributed by atoms with Crippen molar-refractivity contribution in [2.24, 2.45) is 0 Å². The number of hydrogen-bond donors (Lipinski definition) is 1. The number of hydrogen-bond acceptors (Lipinski definition) is 2. The van der Waals surface area contributed by atoms with Crippen molar-refractivity contribution in [2.75, 3.05) is 6.54 Å². The fraction of sp³-hybridized carbons (Fsp3) is 0.533. The van der Waals surface area contributed by atoms with Gasteiger partial charge in [-0.1, -0.05) is 24.3 Å². The summed E-state index contributed by atoms with van der Waals surface area (Å²) in [6.45, 7) is 7.37. The van der Waals surface area contributed by atoms with E-state index in [1.807, 2.05) is 12.1 Å². The third-order valence-electron chi connectivity index (χ3n) is 3.77. The van der Waals surface area contributed by atoms with E-state index in [0.717, 1.165) is 19.4 Å². The highest BCUT2D eigenvalue weighted by molar-refractivity contribution is 5.40. The molecule has 1 N–H and O–H groups in total. The van der Waals surface area contributed by atoms with E-state index in [1.54, 1.807) is 0 Å². The maximum absolute atomic E-state index is 9.67. The second-order valence-corrected chi connectivity index (χ2v) is 5.75. The second-order valence-electron chi connectivity index (χ2n) is 5.75. The first-order valence-electron chi connectivity index (χ1n) is 6.22. The van der Waals surface area contributed by atoms with Crippen molar-refractivity contribution in [1.29, 1.82) is 5.26 Å². The van der Waals surface area contributed by atoms with Gasteiger partial charge in [0.25, 0.3) is 0 Å². The summed E-state index contributed by atoms with van der Waals surface area (Å²) in [4.78, 5) is 0. The smallest absolute Gasteiger partial charge is 0.0854 e. The molecule has 0 spiro atoms. The minimum Gasteiger partial charge on any atom is -0.312 e. The summed E-state index contributed by atoms with van der Waals surface area (Å²) < 4.78 is 0. The zero-order valence-electron chi connectivity index (χ0n) is 10.9. The lowest BCUT2D eigenvalue weighted by molar-refractivity contribution is 0.233. The molecule has 1 aliphatic heterocycles. The molecule has 90 valence electrons. The highest BCUT2D eigenvalue weighted by Gasteiger charge is 2.42. The molecular formula is C15H20N2. The number of piperidine rings is 1. The van der Waals surface area contributed by atoms with Crippen LogP contribution in [0.15, 0.2) is 24.3 Å². The van der Waals surface area contributed by atoms with Gasteiger partial charge in [-0.25, -0.2) is 0 Å². The van der Waals surface area contributed by atoms with Gasteiger partial charge in [0.05, 0.1) is 11.5 Å². The molecule has 1 fully saturated rings. The normalized spacial score (nSPS) is 27.4. The van der Waals surface area contributed by atoms with Crippen LogP contribution >= 0.6 is 0 Å². The van der Waals surface area contributed by atoms with Crippen LogP contribution in [0.1, 0.15) is 37.8 Å². The fourth-order valence-corrected chi connectivity index (χ4v) is 3.01. The summed E-state index contributed by atoms with van der Waals surface area (Å²) in [5.41, 5.74) is 2.15. The summed E-state index contributed by atoms with van der Waals surface area (Å²) in [7, 11) is 0. The average Bonchev–Trinajstić information content (AvgIpc) is 2.28. The Kier molecular flexibility index (Phi) is 2.97. The van der Waals surface area contributed by atoms with Gasteiger partial charge >= 0.3 is 0 Å². The van der Waals surface area contributed by atoms with Crippen LogP contribution in [0.25, 0.3) is 0 Å². The number of nitrogens with zero attached hydrogens (tertiary/aromatic N) is 1. The molecule has 0 aromatic heterocycles. The lowest BCUT2D eigenvalue weighted by Gasteiger charge is -2.42. The SMILES string of the molecule is Cc1ccccc1C1(C#N)CCNC(C)(C)C1. The Hall–Kier alpha value is -1.33. The number of nitrogens with one attached hydrogen (secondary N) is 1. The van der Waals surface area contributed by atoms with Crippen molar-refractivity contribution < 1.29 is 0 Å². The summed E-state index contributed by atoms with van der Waals surface area (Å²) in [6, 6.07) is 10.9. The van der Waals surface area contributed by atoms with Crippen LogP contribution in [0.2, 0.25) is 0 Å². The molecule has 1 atom stereocenters. The molecule has 1 aromatic carbocycles. The summed E-state index contributed by atoms with van der Waals surface area (Å²) in [5.74, 6) is 0. The molecule has 1 heterocycles. The summed E-state index contributed by atoms with van der Waals surface area (Å²) >= 11 is 0. The van der Waals surface area contributed by atoms with Gasteiger partial charge in [-0.2, -0.15) is 5.26 Å². The van der Waals surface area contributed by atoms with Crippen LogP contribution in [0.4, 0.5) is 0 Å². The van der Waals surface area contributed by atoms with E-state index in [0.29, 0.717) is 0 Å².